The molecule has 0 amide bonds. The van der Waals surface area contributed by atoms with Crippen molar-refractivity contribution in [2.24, 2.45) is 0 Å². The van der Waals surface area contributed by atoms with Crippen LogP contribution in [0.3, 0.4) is 0 Å². The van der Waals surface area contributed by atoms with E-state index < -0.39 is 0 Å². The molecule has 0 atom stereocenters. The van der Waals surface area contributed by atoms with Crippen molar-refractivity contribution < 1.29 is 4.74 Å². The molecule has 1 N–H and O–H groups in total. The second-order valence-electron chi connectivity index (χ2n) is 5.42. The fourth-order valence-corrected chi connectivity index (χ4v) is 3.22. The van der Waals surface area contributed by atoms with Crippen LogP contribution in [-0.4, -0.2) is 17.6 Å². The minimum absolute atomic E-state index is 0.560. The molecule has 5 heteroatoms. The van der Waals surface area contributed by atoms with E-state index in [4.69, 9.17) is 32.9 Å². The number of rotatable bonds is 2. The van der Waals surface area contributed by atoms with Gasteiger partial charge in [-0.25, -0.2) is 0 Å². The quantitative estimate of drug-likeness (QED) is 0.903. The van der Waals surface area contributed by atoms with Gasteiger partial charge in [-0.1, -0.05) is 23.2 Å². The molecule has 0 radical (unpaired) electrons. The number of anilines is 1. The Morgan fingerprint density at radius 3 is 2.90 bits per heavy atom. The van der Waals surface area contributed by atoms with Gasteiger partial charge in [-0.15, -0.1) is 0 Å². The molecule has 1 fully saturated rings. The van der Waals surface area contributed by atoms with E-state index in [0.29, 0.717) is 22.7 Å². The van der Waals surface area contributed by atoms with Crippen molar-refractivity contribution in [1.29, 1.82) is 0 Å². The van der Waals surface area contributed by atoms with Crippen molar-refractivity contribution in [3.05, 3.63) is 33.4 Å². The maximum absolute atomic E-state index is 6.32. The Balaban J connectivity index is 2.01. The minimum atomic E-state index is 0.560. The number of aromatic nitrogens is 1. The molecule has 2 aliphatic rings. The van der Waals surface area contributed by atoms with Crippen LogP contribution >= 0.6 is 23.2 Å². The Morgan fingerprint density at radius 1 is 1.25 bits per heavy atom. The first-order chi connectivity index (χ1) is 9.72. The highest BCUT2D eigenvalue weighted by Crippen LogP contribution is 2.38. The van der Waals surface area contributed by atoms with E-state index in [2.05, 4.69) is 5.32 Å². The zero-order chi connectivity index (χ0) is 13.7. The van der Waals surface area contributed by atoms with Crippen molar-refractivity contribution in [1.82, 2.24) is 4.98 Å². The number of pyridine rings is 1. The summed E-state index contributed by atoms with van der Waals surface area (Å²) >= 11 is 12.5. The molecule has 0 spiro atoms. The van der Waals surface area contributed by atoms with Gasteiger partial charge in [0.25, 0.3) is 0 Å². The molecule has 1 aromatic heterocycles. The van der Waals surface area contributed by atoms with Crippen molar-refractivity contribution in [3.63, 3.8) is 0 Å². The van der Waals surface area contributed by atoms with Crippen LogP contribution in [0.25, 0.3) is 10.9 Å². The summed E-state index contributed by atoms with van der Waals surface area (Å²) in [6.45, 7) is 1.33. The first-order valence-electron chi connectivity index (χ1n) is 6.87. The first kappa shape index (κ1) is 12.7. The molecule has 0 saturated heterocycles. The fourth-order valence-electron chi connectivity index (χ4n) is 2.68. The van der Waals surface area contributed by atoms with Crippen LogP contribution in [0, 0.1) is 0 Å². The molecule has 20 heavy (non-hydrogen) atoms. The summed E-state index contributed by atoms with van der Waals surface area (Å²) in [7, 11) is 0. The van der Waals surface area contributed by atoms with Gasteiger partial charge in [0.15, 0.2) is 0 Å². The predicted molar refractivity (Wildman–Crippen MR) is 81.8 cm³/mol. The summed E-state index contributed by atoms with van der Waals surface area (Å²) in [6.07, 6.45) is 3.27. The largest absolute Gasteiger partial charge is 0.381 e. The van der Waals surface area contributed by atoms with Gasteiger partial charge in [0.05, 0.1) is 35.1 Å². The number of nitrogens with zero attached hydrogens (tertiary/aromatic N) is 1. The third-order valence-corrected chi connectivity index (χ3v) is 4.36. The number of hydrogen-bond donors (Lipinski definition) is 1. The lowest BCUT2D eigenvalue weighted by molar-refractivity contribution is 0.110. The predicted octanol–water partition coefficient (Wildman–Crippen LogP) is 4.19. The molecule has 2 aromatic rings. The summed E-state index contributed by atoms with van der Waals surface area (Å²) in [5.74, 6) is 0. The second-order valence-corrected chi connectivity index (χ2v) is 6.26. The van der Waals surface area contributed by atoms with Gasteiger partial charge in [0, 0.05) is 28.4 Å². The van der Waals surface area contributed by atoms with Crippen molar-refractivity contribution >= 4 is 39.8 Å². The Hall–Kier alpha value is -1.03. The van der Waals surface area contributed by atoms with E-state index in [9.17, 15) is 0 Å². The molecule has 1 aliphatic heterocycles. The molecular weight excluding hydrogens is 295 g/mol. The molecule has 1 saturated carbocycles. The maximum Gasteiger partial charge on any atom is 0.0913 e. The number of halogens is 2. The highest BCUT2D eigenvalue weighted by atomic mass is 35.5. The van der Waals surface area contributed by atoms with Crippen molar-refractivity contribution in [2.45, 2.75) is 31.9 Å². The van der Waals surface area contributed by atoms with Crippen LogP contribution < -0.4 is 5.32 Å². The molecule has 1 aromatic carbocycles. The van der Waals surface area contributed by atoms with Crippen LogP contribution in [0.15, 0.2) is 12.1 Å². The first-order valence-corrected chi connectivity index (χ1v) is 7.63. The fraction of sp³-hybridized carbons (Fsp3) is 0.400. The van der Waals surface area contributed by atoms with E-state index in [1.807, 2.05) is 6.07 Å². The molecular formula is C15H14Cl2N2O. The highest BCUT2D eigenvalue weighted by Gasteiger charge is 2.26. The Kier molecular flexibility index (Phi) is 3.02. The molecule has 0 bridgehead atoms. The van der Waals surface area contributed by atoms with Gasteiger partial charge < -0.3 is 10.1 Å². The monoisotopic (exact) mass is 308 g/mol. The normalized spacial score (nSPS) is 18.1. The van der Waals surface area contributed by atoms with Crippen LogP contribution in [0.1, 0.15) is 24.1 Å². The van der Waals surface area contributed by atoms with E-state index in [-0.39, 0.29) is 0 Å². The number of ether oxygens (including phenoxy) is 1. The standard InChI is InChI=1S/C15H14Cl2N2O/c16-8-5-10-14(18-9-1-2-9)11-7-20-4-3-13(11)19-15(10)12(17)6-8/h5-6,9H,1-4,7H2,(H,18,19). The maximum atomic E-state index is 6.32. The van der Waals surface area contributed by atoms with Crippen molar-refractivity contribution in [3.8, 4) is 0 Å². The lowest BCUT2D eigenvalue weighted by Gasteiger charge is -2.22. The van der Waals surface area contributed by atoms with E-state index in [0.717, 1.165) is 40.9 Å². The Morgan fingerprint density at radius 2 is 2.10 bits per heavy atom. The summed E-state index contributed by atoms with van der Waals surface area (Å²) in [6, 6.07) is 4.25. The average Bonchev–Trinajstić information content (AvgIpc) is 3.24. The van der Waals surface area contributed by atoms with Gasteiger partial charge in [-0.2, -0.15) is 0 Å². The second kappa shape index (κ2) is 4.76. The third kappa shape index (κ3) is 2.14. The van der Waals surface area contributed by atoms with Crippen LogP contribution in [-0.2, 0) is 17.8 Å². The molecule has 0 unspecified atom stereocenters. The smallest absolute Gasteiger partial charge is 0.0913 e. The summed E-state index contributed by atoms with van der Waals surface area (Å²) in [4.78, 5) is 4.73. The molecule has 3 nitrogen and oxygen atoms in total. The van der Waals surface area contributed by atoms with Gasteiger partial charge >= 0.3 is 0 Å². The Labute approximate surface area is 127 Å². The molecule has 104 valence electrons. The lowest BCUT2D eigenvalue weighted by atomic mass is 10.0. The molecule has 4 rings (SSSR count). The zero-order valence-electron chi connectivity index (χ0n) is 10.9. The zero-order valence-corrected chi connectivity index (χ0v) is 12.4. The number of benzene rings is 1. The SMILES string of the molecule is Clc1cc(Cl)c2nc3c(c(NC4CC4)c2c1)COCC3. The van der Waals surface area contributed by atoms with Crippen LogP contribution in [0.2, 0.25) is 10.0 Å². The number of nitrogens with one attached hydrogen (secondary N) is 1. The Bertz CT molecular complexity index is 698. The van der Waals surface area contributed by atoms with E-state index in [1.165, 1.54) is 12.8 Å². The molecule has 2 heterocycles. The lowest BCUT2D eigenvalue weighted by Crippen LogP contribution is -2.16. The van der Waals surface area contributed by atoms with Gasteiger partial charge in [-0.3, -0.25) is 4.98 Å². The van der Waals surface area contributed by atoms with Crippen LogP contribution in [0.5, 0.6) is 0 Å². The van der Waals surface area contributed by atoms with Crippen molar-refractivity contribution in [2.75, 3.05) is 11.9 Å². The number of hydrogen-bond acceptors (Lipinski definition) is 3. The van der Waals surface area contributed by atoms with Gasteiger partial charge in [-0.05, 0) is 25.0 Å². The van der Waals surface area contributed by atoms with E-state index in [1.54, 1.807) is 6.07 Å². The minimum Gasteiger partial charge on any atom is -0.381 e. The van der Waals surface area contributed by atoms with Crippen LogP contribution in [0.4, 0.5) is 5.69 Å². The summed E-state index contributed by atoms with van der Waals surface area (Å²) in [5, 5.41) is 5.85. The van der Waals surface area contributed by atoms with Gasteiger partial charge in [0.2, 0.25) is 0 Å². The highest BCUT2D eigenvalue weighted by molar-refractivity contribution is 6.38. The third-order valence-electron chi connectivity index (χ3n) is 3.85. The average molecular weight is 309 g/mol. The topological polar surface area (TPSA) is 34.2 Å². The number of fused-ring (bicyclic) bond motifs is 2. The molecule has 1 aliphatic carbocycles. The summed E-state index contributed by atoms with van der Waals surface area (Å²) in [5.41, 5.74) is 4.20. The summed E-state index contributed by atoms with van der Waals surface area (Å²) < 4.78 is 5.60. The van der Waals surface area contributed by atoms with E-state index >= 15 is 0 Å². The van der Waals surface area contributed by atoms with Gasteiger partial charge in [0.1, 0.15) is 0 Å².